The van der Waals surface area contributed by atoms with Crippen molar-refractivity contribution in [3.63, 3.8) is 0 Å². The molecule has 13 heavy (non-hydrogen) atoms. The number of hydrogen-bond donors (Lipinski definition) is 1. The minimum atomic E-state index is 0.496. The molecule has 2 N–H and O–H groups in total. The maximum Gasteiger partial charge on any atom is 0.227 e. The van der Waals surface area contributed by atoms with Crippen LogP contribution in [0.5, 0.6) is 0 Å². The van der Waals surface area contributed by atoms with E-state index in [1.807, 2.05) is 25.9 Å². The van der Waals surface area contributed by atoms with Gasteiger partial charge >= 0.3 is 0 Å². The van der Waals surface area contributed by atoms with Gasteiger partial charge in [0.15, 0.2) is 0 Å². The molecule has 4 nitrogen and oxygen atoms in total. The predicted octanol–water partition coefficient (Wildman–Crippen LogP) is 1.45. The van der Waals surface area contributed by atoms with E-state index in [1.54, 1.807) is 0 Å². The summed E-state index contributed by atoms with van der Waals surface area (Å²) in [6.45, 7) is 2.03. The third-order valence-electron chi connectivity index (χ3n) is 1.67. The van der Waals surface area contributed by atoms with E-state index in [9.17, 15) is 0 Å². The van der Waals surface area contributed by atoms with Gasteiger partial charge in [-0.15, -0.1) is 0 Å². The number of halogens is 1. The lowest BCUT2D eigenvalue weighted by Crippen LogP contribution is -2.15. The van der Waals surface area contributed by atoms with Gasteiger partial charge in [-0.1, -0.05) is 6.92 Å². The van der Waals surface area contributed by atoms with E-state index in [-0.39, 0.29) is 0 Å². The minimum absolute atomic E-state index is 0.496. The summed E-state index contributed by atoms with van der Waals surface area (Å²) in [5, 5.41) is 0. The van der Waals surface area contributed by atoms with Gasteiger partial charge in [-0.25, -0.2) is 4.98 Å². The summed E-state index contributed by atoms with van der Waals surface area (Å²) in [7, 11) is 3.78. The zero-order chi connectivity index (χ0) is 10.0. The van der Waals surface area contributed by atoms with Gasteiger partial charge in [0.1, 0.15) is 5.82 Å². The van der Waals surface area contributed by atoms with Crippen molar-refractivity contribution in [1.82, 2.24) is 9.97 Å². The van der Waals surface area contributed by atoms with Crippen molar-refractivity contribution in [3.05, 3.63) is 10.2 Å². The molecule has 0 radical (unpaired) electrons. The highest BCUT2D eigenvalue weighted by molar-refractivity contribution is 9.10. The van der Waals surface area contributed by atoms with Crippen molar-refractivity contribution < 1.29 is 0 Å². The Morgan fingerprint density at radius 3 is 2.46 bits per heavy atom. The molecule has 1 heterocycles. The van der Waals surface area contributed by atoms with Crippen LogP contribution in [0, 0.1) is 0 Å². The molecule has 1 aromatic heterocycles. The van der Waals surface area contributed by atoms with Gasteiger partial charge in [0, 0.05) is 14.1 Å². The molecule has 0 aliphatic rings. The number of aryl methyl sites for hydroxylation is 1. The van der Waals surface area contributed by atoms with Crippen LogP contribution >= 0.6 is 15.9 Å². The van der Waals surface area contributed by atoms with E-state index in [0.717, 1.165) is 16.6 Å². The van der Waals surface area contributed by atoms with Gasteiger partial charge in [-0.05, 0) is 22.4 Å². The number of rotatable bonds is 2. The lowest BCUT2D eigenvalue weighted by Gasteiger charge is -2.12. The van der Waals surface area contributed by atoms with Gasteiger partial charge in [0.25, 0.3) is 0 Å². The standard InChI is InChI=1S/C8H13BrN4/c1-4-5-6(9)7(10)12-8(11-5)13(2)3/h4H2,1-3H3,(H2,10,11,12). The first-order valence-electron chi connectivity index (χ1n) is 4.05. The number of nitrogens with zero attached hydrogens (tertiary/aromatic N) is 3. The van der Waals surface area contributed by atoms with Crippen molar-refractivity contribution >= 4 is 27.7 Å². The highest BCUT2D eigenvalue weighted by Crippen LogP contribution is 2.23. The van der Waals surface area contributed by atoms with Crippen LogP contribution in [0.4, 0.5) is 11.8 Å². The van der Waals surface area contributed by atoms with Crippen molar-refractivity contribution in [1.29, 1.82) is 0 Å². The fraction of sp³-hybridized carbons (Fsp3) is 0.500. The summed E-state index contributed by atoms with van der Waals surface area (Å²) >= 11 is 3.36. The van der Waals surface area contributed by atoms with Crippen LogP contribution in [0.3, 0.4) is 0 Å². The van der Waals surface area contributed by atoms with Crippen LogP contribution in [0.15, 0.2) is 4.47 Å². The molecular formula is C8H13BrN4. The summed E-state index contributed by atoms with van der Waals surface area (Å²) in [4.78, 5) is 10.3. The Bertz CT molecular complexity index is 311. The largest absolute Gasteiger partial charge is 0.383 e. The zero-order valence-corrected chi connectivity index (χ0v) is 9.59. The van der Waals surface area contributed by atoms with Crippen LogP contribution < -0.4 is 10.6 Å². The van der Waals surface area contributed by atoms with Crippen molar-refractivity contribution in [3.8, 4) is 0 Å². The Balaban J connectivity index is 3.22. The topological polar surface area (TPSA) is 55.0 Å². The summed E-state index contributed by atoms with van der Waals surface area (Å²) in [6.07, 6.45) is 0.841. The smallest absolute Gasteiger partial charge is 0.227 e. The van der Waals surface area contributed by atoms with E-state index in [1.165, 1.54) is 0 Å². The Morgan fingerprint density at radius 2 is 2.00 bits per heavy atom. The molecule has 0 bridgehead atoms. The summed E-state index contributed by atoms with van der Waals surface area (Å²) in [6, 6.07) is 0. The van der Waals surface area contributed by atoms with Crippen molar-refractivity contribution in [2.45, 2.75) is 13.3 Å². The normalized spacial score (nSPS) is 10.2. The second-order valence-corrected chi connectivity index (χ2v) is 3.71. The Kier molecular flexibility index (Phi) is 3.08. The molecule has 0 fully saturated rings. The molecule has 0 atom stereocenters. The van der Waals surface area contributed by atoms with E-state index in [0.29, 0.717) is 11.8 Å². The molecule has 0 aromatic carbocycles. The molecule has 0 amide bonds. The average molecular weight is 245 g/mol. The number of nitrogen functional groups attached to an aromatic ring is 1. The molecule has 0 spiro atoms. The molecule has 0 aliphatic heterocycles. The Morgan fingerprint density at radius 1 is 1.38 bits per heavy atom. The van der Waals surface area contributed by atoms with Gasteiger partial charge < -0.3 is 10.6 Å². The number of anilines is 2. The maximum absolute atomic E-state index is 5.71. The van der Waals surface area contributed by atoms with E-state index in [4.69, 9.17) is 5.73 Å². The first-order chi connectivity index (χ1) is 6.06. The van der Waals surface area contributed by atoms with E-state index in [2.05, 4.69) is 25.9 Å². The lowest BCUT2D eigenvalue weighted by molar-refractivity contribution is 0.935. The van der Waals surface area contributed by atoms with Gasteiger partial charge in [-0.3, -0.25) is 0 Å². The average Bonchev–Trinajstić information content (AvgIpc) is 2.09. The summed E-state index contributed by atoms with van der Waals surface area (Å²) < 4.78 is 0.806. The van der Waals surface area contributed by atoms with Crippen LogP contribution in [0.2, 0.25) is 0 Å². The molecule has 0 saturated heterocycles. The van der Waals surface area contributed by atoms with Gasteiger partial charge in [0.05, 0.1) is 10.2 Å². The van der Waals surface area contributed by atoms with Crippen LogP contribution in [0.25, 0.3) is 0 Å². The number of hydrogen-bond acceptors (Lipinski definition) is 4. The predicted molar refractivity (Wildman–Crippen MR) is 57.8 cm³/mol. The quantitative estimate of drug-likeness (QED) is 0.856. The summed E-state index contributed by atoms with van der Waals surface area (Å²) in [5.41, 5.74) is 6.65. The van der Waals surface area contributed by atoms with Crippen molar-refractivity contribution in [2.24, 2.45) is 0 Å². The van der Waals surface area contributed by atoms with Gasteiger partial charge in [0.2, 0.25) is 5.95 Å². The molecule has 1 rings (SSSR count). The first kappa shape index (κ1) is 10.2. The lowest BCUT2D eigenvalue weighted by atomic mass is 10.3. The molecule has 0 saturated carbocycles. The van der Waals surface area contributed by atoms with Crippen LogP contribution in [0.1, 0.15) is 12.6 Å². The third-order valence-corrected chi connectivity index (χ3v) is 2.53. The Labute approximate surface area is 86.3 Å². The van der Waals surface area contributed by atoms with Crippen LogP contribution in [-0.4, -0.2) is 24.1 Å². The van der Waals surface area contributed by atoms with E-state index < -0.39 is 0 Å². The highest BCUT2D eigenvalue weighted by atomic mass is 79.9. The van der Waals surface area contributed by atoms with Gasteiger partial charge in [-0.2, -0.15) is 4.98 Å². The second kappa shape index (κ2) is 3.91. The fourth-order valence-electron chi connectivity index (χ4n) is 0.934. The number of aromatic nitrogens is 2. The molecule has 1 aromatic rings. The van der Waals surface area contributed by atoms with Crippen LogP contribution in [-0.2, 0) is 6.42 Å². The second-order valence-electron chi connectivity index (χ2n) is 2.92. The highest BCUT2D eigenvalue weighted by Gasteiger charge is 2.09. The summed E-state index contributed by atoms with van der Waals surface area (Å²) in [5.74, 6) is 1.15. The SMILES string of the molecule is CCc1nc(N(C)C)nc(N)c1Br. The molecule has 72 valence electrons. The third kappa shape index (κ3) is 2.09. The fourth-order valence-corrected chi connectivity index (χ4v) is 1.39. The molecule has 5 heteroatoms. The molecule has 0 unspecified atom stereocenters. The van der Waals surface area contributed by atoms with Crippen molar-refractivity contribution in [2.75, 3.05) is 24.7 Å². The maximum atomic E-state index is 5.71. The zero-order valence-electron chi connectivity index (χ0n) is 8.00. The van der Waals surface area contributed by atoms with E-state index >= 15 is 0 Å². The first-order valence-corrected chi connectivity index (χ1v) is 4.84. The minimum Gasteiger partial charge on any atom is -0.383 e. The monoisotopic (exact) mass is 244 g/mol. The molecular weight excluding hydrogens is 232 g/mol. The molecule has 0 aliphatic carbocycles. The number of nitrogens with two attached hydrogens (primary N) is 1. The Hall–Kier alpha value is -0.840.